The maximum atomic E-state index is 14.9. The second-order valence-electron chi connectivity index (χ2n) is 7.23. The van der Waals surface area contributed by atoms with Gasteiger partial charge in [-0.1, -0.05) is 11.6 Å². The minimum atomic E-state index is -1.33. The Labute approximate surface area is 154 Å². The highest BCUT2D eigenvalue weighted by atomic mass is 35.5. The van der Waals surface area contributed by atoms with Crippen LogP contribution < -0.4 is 16.1 Å². The van der Waals surface area contributed by atoms with Gasteiger partial charge in [-0.2, -0.15) is 0 Å². The van der Waals surface area contributed by atoms with Crippen LogP contribution in [-0.2, 0) is 0 Å². The fourth-order valence-electron chi connectivity index (χ4n) is 3.87. The van der Waals surface area contributed by atoms with Gasteiger partial charge in [-0.15, -0.1) is 0 Å². The number of carbonyl (C=O) groups is 1. The van der Waals surface area contributed by atoms with Gasteiger partial charge in [0.1, 0.15) is 11.4 Å². The minimum absolute atomic E-state index is 0.000742. The smallest absolute Gasteiger partial charge is 0.341 e. The molecular weight excluding hydrogens is 361 g/mol. The van der Waals surface area contributed by atoms with E-state index in [4.69, 9.17) is 17.3 Å². The highest BCUT2D eigenvalue weighted by Gasteiger charge is 2.34. The van der Waals surface area contributed by atoms with Gasteiger partial charge in [-0.3, -0.25) is 4.79 Å². The first kappa shape index (κ1) is 17.3. The summed E-state index contributed by atoms with van der Waals surface area (Å²) in [5.74, 6) is -1.96. The number of pyridine rings is 1. The lowest BCUT2D eigenvalue weighted by atomic mass is 10.1. The van der Waals surface area contributed by atoms with Crippen LogP contribution in [0.3, 0.4) is 0 Å². The molecule has 4 rings (SSSR count). The van der Waals surface area contributed by atoms with Crippen molar-refractivity contribution in [1.82, 2.24) is 4.57 Å². The molecule has 2 aromatic rings. The topological polar surface area (TPSA) is 88.6 Å². The van der Waals surface area contributed by atoms with Gasteiger partial charge in [0.2, 0.25) is 5.43 Å². The predicted molar refractivity (Wildman–Crippen MR) is 97.8 cm³/mol. The number of aromatic carboxylic acids is 1. The first-order valence-electron chi connectivity index (χ1n) is 8.62. The van der Waals surface area contributed by atoms with Crippen LogP contribution in [0.5, 0.6) is 0 Å². The summed E-state index contributed by atoms with van der Waals surface area (Å²) in [6.45, 7) is 2.43. The van der Waals surface area contributed by atoms with E-state index in [1.807, 2.05) is 11.8 Å². The van der Waals surface area contributed by atoms with E-state index < -0.39 is 17.2 Å². The zero-order chi connectivity index (χ0) is 18.7. The largest absolute Gasteiger partial charge is 0.477 e. The molecule has 2 fully saturated rings. The lowest BCUT2D eigenvalue weighted by molar-refractivity contribution is 0.0695. The third-order valence-corrected chi connectivity index (χ3v) is 5.61. The molecule has 0 radical (unpaired) electrons. The first-order valence-corrected chi connectivity index (χ1v) is 8.99. The Kier molecular flexibility index (Phi) is 3.96. The molecule has 3 N–H and O–H groups in total. The molecule has 1 aromatic heterocycles. The number of carboxylic acids is 1. The van der Waals surface area contributed by atoms with Gasteiger partial charge in [0.05, 0.1) is 21.6 Å². The molecule has 2 unspecified atom stereocenters. The Morgan fingerprint density at radius 3 is 2.65 bits per heavy atom. The van der Waals surface area contributed by atoms with Crippen LogP contribution in [0.25, 0.3) is 10.9 Å². The second-order valence-corrected chi connectivity index (χ2v) is 7.61. The molecule has 1 aromatic carbocycles. The normalized spacial score (nSPS) is 23.0. The lowest BCUT2D eigenvalue weighted by Gasteiger charge is -2.26. The van der Waals surface area contributed by atoms with Gasteiger partial charge in [0.25, 0.3) is 0 Å². The van der Waals surface area contributed by atoms with Crippen molar-refractivity contribution in [2.45, 2.75) is 44.3 Å². The summed E-state index contributed by atoms with van der Waals surface area (Å²) in [6.07, 6.45) is 3.79. The number of rotatable bonds is 3. The highest BCUT2D eigenvalue weighted by Crippen LogP contribution is 2.43. The van der Waals surface area contributed by atoms with Crippen molar-refractivity contribution in [2.24, 2.45) is 5.73 Å². The molecule has 2 aliphatic rings. The molecule has 26 heavy (non-hydrogen) atoms. The summed E-state index contributed by atoms with van der Waals surface area (Å²) in [5, 5.41) is 9.46. The summed E-state index contributed by atoms with van der Waals surface area (Å²) in [4.78, 5) is 25.8. The number of fused-ring (bicyclic) bond motifs is 1. The van der Waals surface area contributed by atoms with E-state index in [0.717, 1.165) is 25.3 Å². The van der Waals surface area contributed by atoms with E-state index in [9.17, 15) is 19.1 Å². The maximum absolute atomic E-state index is 14.9. The van der Waals surface area contributed by atoms with E-state index in [1.165, 1.54) is 6.20 Å². The number of hydrogen-bond acceptors (Lipinski definition) is 4. The summed E-state index contributed by atoms with van der Waals surface area (Å²) >= 11 is 6.59. The number of anilines is 1. The van der Waals surface area contributed by atoms with Gasteiger partial charge >= 0.3 is 5.97 Å². The zero-order valence-electron chi connectivity index (χ0n) is 14.2. The number of hydrogen-bond donors (Lipinski definition) is 2. The third kappa shape index (κ3) is 2.57. The monoisotopic (exact) mass is 379 g/mol. The van der Waals surface area contributed by atoms with Crippen molar-refractivity contribution >= 4 is 34.2 Å². The van der Waals surface area contributed by atoms with Crippen molar-refractivity contribution in [3.05, 3.63) is 38.9 Å². The molecule has 138 valence electrons. The van der Waals surface area contributed by atoms with Crippen molar-refractivity contribution in [3.63, 3.8) is 0 Å². The molecule has 8 heteroatoms. The van der Waals surface area contributed by atoms with E-state index in [2.05, 4.69) is 0 Å². The molecule has 2 atom stereocenters. The van der Waals surface area contributed by atoms with Gasteiger partial charge in [0.15, 0.2) is 0 Å². The number of nitrogens with two attached hydrogens (primary N) is 1. The van der Waals surface area contributed by atoms with Crippen LogP contribution in [-0.4, -0.2) is 34.3 Å². The summed E-state index contributed by atoms with van der Waals surface area (Å²) in [5.41, 5.74) is 5.54. The van der Waals surface area contributed by atoms with Crippen LogP contribution in [0, 0.1) is 5.82 Å². The van der Waals surface area contributed by atoms with Crippen molar-refractivity contribution in [1.29, 1.82) is 0 Å². The van der Waals surface area contributed by atoms with E-state index in [0.29, 0.717) is 12.1 Å². The van der Waals surface area contributed by atoms with Crippen LogP contribution in [0.1, 0.15) is 42.6 Å². The van der Waals surface area contributed by atoms with Crippen LogP contribution in [0.2, 0.25) is 5.02 Å². The maximum Gasteiger partial charge on any atom is 0.341 e. The Balaban J connectivity index is 2.03. The summed E-state index contributed by atoms with van der Waals surface area (Å²) < 4.78 is 16.6. The highest BCUT2D eigenvalue weighted by molar-refractivity contribution is 6.38. The SMILES string of the molecule is CC1CC(N)CN1c1c(F)cc2c(=O)c(C(=O)O)cn(C3CC3)c2c1Cl. The van der Waals surface area contributed by atoms with Crippen LogP contribution >= 0.6 is 11.6 Å². The summed E-state index contributed by atoms with van der Waals surface area (Å²) in [6, 6.07) is 1.14. The van der Waals surface area contributed by atoms with Crippen molar-refractivity contribution in [3.8, 4) is 0 Å². The molecule has 6 nitrogen and oxygen atoms in total. The molecule has 2 heterocycles. The molecule has 1 saturated heterocycles. The van der Waals surface area contributed by atoms with Gasteiger partial charge in [-0.05, 0) is 32.3 Å². The zero-order valence-corrected chi connectivity index (χ0v) is 15.0. The minimum Gasteiger partial charge on any atom is -0.477 e. The molecule has 1 aliphatic carbocycles. The molecule has 0 bridgehead atoms. The quantitative estimate of drug-likeness (QED) is 0.856. The fraction of sp³-hybridized carbons (Fsp3) is 0.444. The van der Waals surface area contributed by atoms with Gasteiger partial charge in [0, 0.05) is 30.9 Å². The molecule has 0 amide bonds. The Morgan fingerprint density at radius 1 is 1.42 bits per heavy atom. The fourth-order valence-corrected chi connectivity index (χ4v) is 4.27. The van der Waals surface area contributed by atoms with Gasteiger partial charge in [-0.25, -0.2) is 9.18 Å². The van der Waals surface area contributed by atoms with E-state index in [1.54, 1.807) is 4.57 Å². The molecule has 0 spiro atoms. The molecule has 1 aliphatic heterocycles. The van der Waals surface area contributed by atoms with Crippen LogP contribution in [0.4, 0.5) is 10.1 Å². The average Bonchev–Trinajstić information content (AvgIpc) is 3.34. The van der Waals surface area contributed by atoms with Crippen molar-refractivity contribution in [2.75, 3.05) is 11.4 Å². The predicted octanol–water partition coefficient (Wildman–Crippen LogP) is 2.75. The first-order chi connectivity index (χ1) is 12.3. The Hall–Kier alpha value is -2.12. The molecular formula is C18H19ClFN3O3. The number of halogens is 2. The third-order valence-electron chi connectivity index (χ3n) is 5.25. The second kappa shape index (κ2) is 5.96. The summed E-state index contributed by atoms with van der Waals surface area (Å²) in [7, 11) is 0. The number of nitrogens with zero attached hydrogens (tertiary/aromatic N) is 2. The molecule has 1 saturated carbocycles. The standard InChI is InChI=1S/C18H19ClFN3O3/c1-8-4-9(21)6-22(8)16-13(20)5-11-15(14(16)19)23(10-2-3-10)7-12(17(11)24)18(25)26/h5,7-10H,2-4,6,21H2,1H3,(H,25,26). The van der Waals surface area contributed by atoms with E-state index in [-0.39, 0.29) is 39.8 Å². The Morgan fingerprint density at radius 2 is 2.12 bits per heavy atom. The lowest BCUT2D eigenvalue weighted by Crippen LogP contribution is -2.30. The van der Waals surface area contributed by atoms with Crippen LogP contribution in [0.15, 0.2) is 17.1 Å². The number of benzene rings is 1. The average molecular weight is 380 g/mol. The van der Waals surface area contributed by atoms with Gasteiger partial charge < -0.3 is 20.3 Å². The van der Waals surface area contributed by atoms with Crippen molar-refractivity contribution < 1.29 is 14.3 Å². The Bertz CT molecular complexity index is 986. The number of carboxylic acid groups (broad SMARTS) is 1. The number of aromatic nitrogens is 1. The van der Waals surface area contributed by atoms with E-state index >= 15 is 0 Å².